The lowest BCUT2D eigenvalue weighted by Gasteiger charge is -2.39. The second kappa shape index (κ2) is 6.29. The standard InChI is InChI=1S/C12H19BrN2OS/c1-3-14-8-10-11(15(2)5-6-16-10)12-9(13)4-7-17-12/h4,7,10-11,14H,3,5-6,8H2,1-2H3. The van der Waals surface area contributed by atoms with Gasteiger partial charge in [0, 0.05) is 22.4 Å². The van der Waals surface area contributed by atoms with Gasteiger partial charge in [-0.3, -0.25) is 4.90 Å². The van der Waals surface area contributed by atoms with Crippen molar-refractivity contribution in [2.75, 3.05) is 33.3 Å². The number of morpholine rings is 1. The number of ether oxygens (including phenoxy) is 1. The summed E-state index contributed by atoms with van der Waals surface area (Å²) >= 11 is 5.43. The molecule has 2 unspecified atom stereocenters. The van der Waals surface area contributed by atoms with Crippen LogP contribution >= 0.6 is 27.3 Å². The zero-order valence-electron chi connectivity index (χ0n) is 10.3. The Hall–Kier alpha value is 0.0600. The van der Waals surface area contributed by atoms with Crippen molar-refractivity contribution in [2.45, 2.75) is 19.1 Å². The summed E-state index contributed by atoms with van der Waals surface area (Å²) in [6.07, 6.45) is 0.239. The lowest BCUT2D eigenvalue weighted by atomic mass is 10.1. The normalized spacial score (nSPS) is 26.3. The zero-order chi connectivity index (χ0) is 12.3. The first kappa shape index (κ1) is 13.5. The quantitative estimate of drug-likeness (QED) is 0.923. The molecule has 1 aromatic rings. The first-order chi connectivity index (χ1) is 8.24. The Morgan fingerprint density at radius 3 is 3.12 bits per heavy atom. The molecular weight excluding hydrogens is 300 g/mol. The molecule has 3 nitrogen and oxygen atoms in total. The second-order valence-electron chi connectivity index (χ2n) is 4.28. The number of nitrogens with one attached hydrogen (secondary N) is 1. The molecule has 1 aromatic heterocycles. The minimum absolute atomic E-state index is 0.239. The van der Waals surface area contributed by atoms with Crippen molar-refractivity contribution in [3.8, 4) is 0 Å². The van der Waals surface area contributed by atoms with Crippen molar-refractivity contribution in [1.29, 1.82) is 0 Å². The van der Waals surface area contributed by atoms with E-state index >= 15 is 0 Å². The van der Waals surface area contributed by atoms with Crippen LogP contribution in [0.15, 0.2) is 15.9 Å². The van der Waals surface area contributed by atoms with Crippen molar-refractivity contribution >= 4 is 27.3 Å². The zero-order valence-corrected chi connectivity index (χ0v) is 12.7. The average molecular weight is 319 g/mol. The molecule has 1 N–H and O–H groups in total. The van der Waals surface area contributed by atoms with Crippen LogP contribution in [0, 0.1) is 0 Å². The van der Waals surface area contributed by atoms with Gasteiger partial charge in [0.25, 0.3) is 0 Å². The van der Waals surface area contributed by atoms with Gasteiger partial charge in [-0.15, -0.1) is 11.3 Å². The highest BCUT2D eigenvalue weighted by Crippen LogP contribution is 2.36. The fourth-order valence-corrected chi connectivity index (χ4v) is 4.03. The monoisotopic (exact) mass is 318 g/mol. The highest BCUT2D eigenvalue weighted by atomic mass is 79.9. The number of thiophene rings is 1. The maximum Gasteiger partial charge on any atom is 0.0904 e. The van der Waals surface area contributed by atoms with E-state index in [0.717, 1.165) is 26.2 Å². The summed E-state index contributed by atoms with van der Waals surface area (Å²) in [5, 5.41) is 5.52. The fourth-order valence-electron chi connectivity index (χ4n) is 2.20. The van der Waals surface area contributed by atoms with E-state index in [0.29, 0.717) is 6.04 Å². The molecule has 0 aromatic carbocycles. The molecule has 2 atom stereocenters. The largest absolute Gasteiger partial charge is 0.374 e. The van der Waals surface area contributed by atoms with E-state index in [1.165, 1.54) is 9.35 Å². The molecule has 1 saturated heterocycles. The Kier molecular flexibility index (Phi) is 4.99. The fraction of sp³-hybridized carbons (Fsp3) is 0.667. The molecule has 2 heterocycles. The van der Waals surface area contributed by atoms with Crippen molar-refractivity contribution in [1.82, 2.24) is 10.2 Å². The van der Waals surface area contributed by atoms with Gasteiger partial charge in [-0.05, 0) is 41.0 Å². The van der Waals surface area contributed by atoms with Gasteiger partial charge < -0.3 is 10.1 Å². The Labute approximate surface area is 115 Å². The molecule has 0 saturated carbocycles. The number of hydrogen-bond acceptors (Lipinski definition) is 4. The lowest BCUT2D eigenvalue weighted by Crippen LogP contribution is -2.47. The third kappa shape index (κ3) is 3.09. The molecule has 1 aliphatic heterocycles. The molecule has 0 bridgehead atoms. The molecule has 0 radical (unpaired) electrons. The summed E-state index contributed by atoms with van der Waals surface area (Å²) in [4.78, 5) is 3.76. The first-order valence-electron chi connectivity index (χ1n) is 5.99. The molecule has 1 aliphatic rings. The van der Waals surface area contributed by atoms with Crippen molar-refractivity contribution in [3.63, 3.8) is 0 Å². The minimum atomic E-state index is 0.239. The summed E-state index contributed by atoms with van der Waals surface area (Å²) in [6.45, 7) is 5.85. The average Bonchev–Trinajstić information content (AvgIpc) is 2.73. The van der Waals surface area contributed by atoms with Gasteiger partial charge in [-0.25, -0.2) is 0 Å². The summed E-state index contributed by atoms with van der Waals surface area (Å²) < 4.78 is 7.12. The number of hydrogen-bond donors (Lipinski definition) is 1. The predicted octanol–water partition coefficient (Wildman–Crippen LogP) is 2.49. The van der Waals surface area contributed by atoms with E-state index in [9.17, 15) is 0 Å². The molecule has 0 amide bonds. The molecular formula is C12H19BrN2OS. The molecule has 1 fully saturated rings. The van der Waals surface area contributed by atoms with Crippen LogP contribution in [0.25, 0.3) is 0 Å². The van der Waals surface area contributed by atoms with E-state index in [4.69, 9.17) is 4.74 Å². The number of halogens is 1. The second-order valence-corrected chi connectivity index (χ2v) is 6.08. The van der Waals surface area contributed by atoms with Crippen LogP contribution in [0.3, 0.4) is 0 Å². The molecule has 96 valence electrons. The third-order valence-corrected chi connectivity index (χ3v) is 5.05. The van der Waals surface area contributed by atoms with Gasteiger partial charge in [-0.1, -0.05) is 6.92 Å². The number of rotatable bonds is 4. The van der Waals surface area contributed by atoms with Crippen LogP contribution in [0.1, 0.15) is 17.8 Å². The maximum absolute atomic E-state index is 5.92. The highest BCUT2D eigenvalue weighted by molar-refractivity contribution is 9.10. The van der Waals surface area contributed by atoms with Gasteiger partial charge in [0.1, 0.15) is 0 Å². The van der Waals surface area contributed by atoms with Gasteiger partial charge in [0.15, 0.2) is 0 Å². The third-order valence-electron chi connectivity index (χ3n) is 3.11. The summed E-state index contributed by atoms with van der Waals surface area (Å²) in [5.74, 6) is 0. The highest BCUT2D eigenvalue weighted by Gasteiger charge is 2.33. The van der Waals surface area contributed by atoms with Crippen molar-refractivity contribution in [2.24, 2.45) is 0 Å². The predicted molar refractivity (Wildman–Crippen MR) is 75.7 cm³/mol. The number of likely N-dealkylation sites (N-methyl/N-ethyl adjacent to an activating group) is 2. The summed E-state index contributed by atoms with van der Waals surface area (Å²) in [7, 11) is 2.18. The Morgan fingerprint density at radius 2 is 2.47 bits per heavy atom. The SMILES string of the molecule is CCNCC1OCCN(C)C1c1sccc1Br. The van der Waals surface area contributed by atoms with Gasteiger partial charge in [0.2, 0.25) is 0 Å². The van der Waals surface area contributed by atoms with E-state index in [-0.39, 0.29) is 6.10 Å². The van der Waals surface area contributed by atoms with Gasteiger partial charge in [-0.2, -0.15) is 0 Å². The minimum Gasteiger partial charge on any atom is -0.374 e. The van der Waals surface area contributed by atoms with Gasteiger partial charge in [0.05, 0.1) is 18.8 Å². The summed E-state index contributed by atoms with van der Waals surface area (Å²) in [6, 6.07) is 2.48. The topological polar surface area (TPSA) is 24.5 Å². The van der Waals surface area contributed by atoms with Crippen LogP contribution < -0.4 is 5.32 Å². The van der Waals surface area contributed by atoms with Crippen LogP contribution in [0.5, 0.6) is 0 Å². The van der Waals surface area contributed by atoms with Crippen LogP contribution in [0.4, 0.5) is 0 Å². The molecule has 0 spiro atoms. The molecule has 0 aliphatic carbocycles. The maximum atomic E-state index is 5.92. The molecule has 2 rings (SSSR count). The van der Waals surface area contributed by atoms with E-state index in [1.54, 1.807) is 11.3 Å². The Balaban J connectivity index is 2.16. The first-order valence-corrected chi connectivity index (χ1v) is 7.66. The van der Waals surface area contributed by atoms with Crippen molar-refractivity contribution < 1.29 is 4.74 Å². The van der Waals surface area contributed by atoms with E-state index < -0.39 is 0 Å². The van der Waals surface area contributed by atoms with Crippen molar-refractivity contribution in [3.05, 3.63) is 20.8 Å². The van der Waals surface area contributed by atoms with E-state index in [1.807, 2.05) is 0 Å². The Bertz CT molecular complexity index is 358. The smallest absolute Gasteiger partial charge is 0.0904 e. The van der Waals surface area contributed by atoms with Crippen LogP contribution in [-0.2, 0) is 4.74 Å². The lowest BCUT2D eigenvalue weighted by molar-refractivity contribution is -0.0602. The molecule has 17 heavy (non-hydrogen) atoms. The van der Waals surface area contributed by atoms with E-state index in [2.05, 4.69) is 51.6 Å². The molecule has 5 heteroatoms. The van der Waals surface area contributed by atoms with Crippen LogP contribution in [0.2, 0.25) is 0 Å². The number of nitrogens with zero attached hydrogens (tertiary/aromatic N) is 1. The Morgan fingerprint density at radius 1 is 1.65 bits per heavy atom. The summed E-state index contributed by atoms with van der Waals surface area (Å²) in [5.41, 5.74) is 0. The van der Waals surface area contributed by atoms with Gasteiger partial charge >= 0.3 is 0 Å². The van der Waals surface area contributed by atoms with Crippen LogP contribution in [-0.4, -0.2) is 44.3 Å².